The number of hydrogen-bond donors (Lipinski definition) is 1. The Labute approximate surface area is 126 Å². The number of pyridine rings is 1. The van der Waals surface area contributed by atoms with E-state index >= 15 is 0 Å². The second-order valence-electron chi connectivity index (χ2n) is 4.89. The van der Waals surface area contributed by atoms with Gasteiger partial charge in [-0.25, -0.2) is 0 Å². The minimum absolute atomic E-state index is 0.120. The molecule has 0 aromatic carbocycles. The maximum absolute atomic E-state index is 11.4. The Morgan fingerprint density at radius 3 is 2.76 bits per heavy atom. The number of hydrogen-bond acceptors (Lipinski definition) is 5. The van der Waals surface area contributed by atoms with Gasteiger partial charge in [0.1, 0.15) is 5.75 Å². The van der Waals surface area contributed by atoms with Crippen LogP contribution in [0, 0.1) is 0 Å². The van der Waals surface area contributed by atoms with Gasteiger partial charge in [-0.3, -0.25) is 9.78 Å². The molecule has 6 heteroatoms. The molecule has 1 heterocycles. The molecule has 0 fully saturated rings. The fourth-order valence-corrected chi connectivity index (χ4v) is 1.63. The van der Waals surface area contributed by atoms with E-state index in [1.807, 2.05) is 12.1 Å². The quantitative estimate of drug-likeness (QED) is 0.654. The maximum atomic E-state index is 11.4. The normalized spacial score (nSPS) is 10.4. The first kappa shape index (κ1) is 17.4. The molecule has 0 saturated heterocycles. The molecular formula is C15H25N3O3. The van der Waals surface area contributed by atoms with E-state index in [1.165, 1.54) is 0 Å². The number of nitrogens with zero attached hydrogens (tertiary/aromatic N) is 2. The summed E-state index contributed by atoms with van der Waals surface area (Å²) in [6.45, 7) is 2.72. The Balaban J connectivity index is 2.20. The van der Waals surface area contributed by atoms with Gasteiger partial charge in [-0.05, 0) is 18.6 Å². The van der Waals surface area contributed by atoms with Gasteiger partial charge in [0.2, 0.25) is 5.91 Å². The molecule has 21 heavy (non-hydrogen) atoms. The number of nitrogens with one attached hydrogen (secondary N) is 1. The van der Waals surface area contributed by atoms with Gasteiger partial charge in [-0.1, -0.05) is 0 Å². The predicted molar refractivity (Wildman–Crippen MR) is 81.2 cm³/mol. The third-order valence-electron chi connectivity index (χ3n) is 2.89. The summed E-state index contributed by atoms with van der Waals surface area (Å²) in [5.41, 5.74) is 0.959. The second kappa shape index (κ2) is 10.1. The van der Waals surface area contributed by atoms with Crippen molar-refractivity contribution >= 4 is 5.91 Å². The van der Waals surface area contributed by atoms with Crippen LogP contribution in [0.25, 0.3) is 0 Å². The molecular weight excluding hydrogens is 270 g/mol. The lowest BCUT2D eigenvalue weighted by Crippen LogP contribution is -2.21. The van der Waals surface area contributed by atoms with Crippen molar-refractivity contribution in [2.24, 2.45) is 0 Å². The van der Waals surface area contributed by atoms with E-state index in [4.69, 9.17) is 9.47 Å². The van der Waals surface area contributed by atoms with Crippen LogP contribution in [0.5, 0.6) is 5.75 Å². The van der Waals surface area contributed by atoms with Gasteiger partial charge in [0.15, 0.2) is 0 Å². The number of amides is 1. The number of rotatable bonds is 10. The van der Waals surface area contributed by atoms with Crippen LogP contribution in [-0.2, 0) is 16.1 Å². The van der Waals surface area contributed by atoms with E-state index in [0.29, 0.717) is 32.6 Å². The van der Waals surface area contributed by atoms with Gasteiger partial charge in [0.25, 0.3) is 0 Å². The van der Waals surface area contributed by atoms with Crippen LogP contribution in [0.2, 0.25) is 0 Å². The molecule has 0 spiro atoms. The fraction of sp³-hybridized carbons (Fsp3) is 0.600. The smallest absolute Gasteiger partial charge is 0.222 e. The van der Waals surface area contributed by atoms with Gasteiger partial charge in [0.05, 0.1) is 25.1 Å². The minimum atomic E-state index is 0.120. The molecule has 0 atom stereocenters. The lowest BCUT2D eigenvalue weighted by molar-refractivity contribution is -0.128. The molecule has 0 aliphatic rings. The Bertz CT molecular complexity index is 407. The highest BCUT2D eigenvalue weighted by Crippen LogP contribution is 2.10. The first-order chi connectivity index (χ1) is 10.1. The van der Waals surface area contributed by atoms with Gasteiger partial charge in [-0.15, -0.1) is 0 Å². The van der Waals surface area contributed by atoms with Crippen LogP contribution in [0.4, 0.5) is 0 Å². The van der Waals surface area contributed by atoms with Gasteiger partial charge >= 0.3 is 0 Å². The van der Waals surface area contributed by atoms with E-state index in [9.17, 15) is 4.79 Å². The lowest BCUT2D eigenvalue weighted by atomic mass is 10.3. The minimum Gasteiger partial charge on any atom is -0.492 e. The maximum Gasteiger partial charge on any atom is 0.222 e. The highest BCUT2D eigenvalue weighted by molar-refractivity contribution is 5.75. The van der Waals surface area contributed by atoms with E-state index in [-0.39, 0.29) is 5.91 Å². The third-order valence-corrected chi connectivity index (χ3v) is 2.89. The lowest BCUT2D eigenvalue weighted by Gasteiger charge is -2.10. The zero-order chi connectivity index (χ0) is 15.5. The van der Waals surface area contributed by atoms with Crippen molar-refractivity contribution in [2.45, 2.75) is 19.4 Å². The summed E-state index contributed by atoms with van der Waals surface area (Å²) in [6.07, 6.45) is 2.92. The third kappa shape index (κ3) is 7.63. The molecule has 0 bridgehead atoms. The summed E-state index contributed by atoms with van der Waals surface area (Å²) >= 11 is 0. The number of methoxy groups -OCH3 is 1. The standard InChI is InChI=1S/C15H25N3O3/c1-18(2)15(19)5-4-9-21-14-7-6-13(17-12-14)11-16-8-10-20-3/h6-7,12,16H,4-5,8-11H2,1-3H3. The molecule has 1 amide bonds. The Morgan fingerprint density at radius 2 is 2.14 bits per heavy atom. The number of ether oxygens (including phenoxy) is 2. The summed E-state index contributed by atoms with van der Waals surface area (Å²) in [4.78, 5) is 17.3. The summed E-state index contributed by atoms with van der Waals surface area (Å²) in [7, 11) is 5.19. The van der Waals surface area contributed by atoms with Crippen LogP contribution in [0.15, 0.2) is 18.3 Å². The average Bonchev–Trinajstić information content (AvgIpc) is 2.49. The topological polar surface area (TPSA) is 63.7 Å². The van der Waals surface area contributed by atoms with E-state index in [2.05, 4.69) is 10.3 Å². The van der Waals surface area contributed by atoms with Crippen molar-refractivity contribution in [3.05, 3.63) is 24.0 Å². The highest BCUT2D eigenvalue weighted by Gasteiger charge is 2.03. The van der Waals surface area contributed by atoms with Crippen molar-refractivity contribution in [1.82, 2.24) is 15.2 Å². The van der Waals surface area contributed by atoms with Gasteiger partial charge < -0.3 is 19.7 Å². The molecule has 1 rings (SSSR count). The zero-order valence-corrected chi connectivity index (χ0v) is 13.1. The van der Waals surface area contributed by atoms with E-state index < -0.39 is 0 Å². The Hall–Kier alpha value is -1.66. The van der Waals surface area contributed by atoms with Crippen molar-refractivity contribution in [3.63, 3.8) is 0 Å². The molecule has 1 aromatic rings. The summed E-state index contributed by atoms with van der Waals surface area (Å²) in [5.74, 6) is 0.849. The molecule has 0 aliphatic heterocycles. The summed E-state index contributed by atoms with van der Waals surface area (Å²) in [6, 6.07) is 3.83. The van der Waals surface area contributed by atoms with Gasteiger partial charge in [-0.2, -0.15) is 0 Å². The fourth-order valence-electron chi connectivity index (χ4n) is 1.63. The molecule has 0 saturated carbocycles. The molecule has 6 nitrogen and oxygen atoms in total. The number of carbonyl (C=O) groups excluding carboxylic acids is 1. The van der Waals surface area contributed by atoms with Crippen LogP contribution in [0.3, 0.4) is 0 Å². The van der Waals surface area contributed by atoms with Gasteiger partial charge in [0, 0.05) is 40.7 Å². The van der Waals surface area contributed by atoms with Crippen LogP contribution in [-0.4, -0.2) is 56.8 Å². The molecule has 0 radical (unpaired) electrons. The SMILES string of the molecule is COCCNCc1ccc(OCCCC(=O)N(C)C)cn1. The first-order valence-corrected chi connectivity index (χ1v) is 7.11. The van der Waals surface area contributed by atoms with Crippen molar-refractivity contribution in [1.29, 1.82) is 0 Å². The largest absolute Gasteiger partial charge is 0.492 e. The molecule has 1 N–H and O–H groups in total. The zero-order valence-electron chi connectivity index (χ0n) is 13.1. The monoisotopic (exact) mass is 295 g/mol. The molecule has 118 valence electrons. The van der Waals surface area contributed by atoms with E-state index in [0.717, 1.165) is 18.0 Å². The Kier molecular flexibility index (Phi) is 8.38. The van der Waals surface area contributed by atoms with Crippen LogP contribution in [0.1, 0.15) is 18.5 Å². The van der Waals surface area contributed by atoms with Crippen molar-refractivity contribution in [3.8, 4) is 5.75 Å². The molecule has 0 aliphatic carbocycles. The Morgan fingerprint density at radius 1 is 1.33 bits per heavy atom. The average molecular weight is 295 g/mol. The van der Waals surface area contributed by atoms with Crippen LogP contribution >= 0.6 is 0 Å². The van der Waals surface area contributed by atoms with Crippen molar-refractivity contribution in [2.75, 3.05) is 41.0 Å². The summed E-state index contributed by atoms with van der Waals surface area (Å²) in [5, 5.41) is 3.23. The molecule has 0 unspecified atom stereocenters. The number of aromatic nitrogens is 1. The number of carbonyl (C=O) groups is 1. The molecule has 1 aromatic heterocycles. The summed E-state index contributed by atoms with van der Waals surface area (Å²) < 4.78 is 10.5. The predicted octanol–water partition coefficient (Wildman–Crippen LogP) is 1.06. The second-order valence-corrected chi connectivity index (χ2v) is 4.89. The van der Waals surface area contributed by atoms with Crippen LogP contribution < -0.4 is 10.1 Å². The van der Waals surface area contributed by atoms with Crippen molar-refractivity contribution < 1.29 is 14.3 Å². The highest BCUT2D eigenvalue weighted by atomic mass is 16.5. The van der Waals surface area contributed by atoms with E-state index in [1.54, 1.807) is 32.3 Å². The first-order valence-electron chi connectivity index (χ1n) is 7.11.